The van der Waals surface area contributed by atoms with Crippen LogP contribution in [0.4, 0.5) is 8.78 Å². The lowest BCUT2D eigenvalue weighted by molar-refractivity contribution is -0.111. The van der Waals surface area contributed by atoms with Gasteiger partial charge in [-0.3, -0.25) is 4.79 Å². The van der Waals surface area contributed by atoms with E-state index in [4.69, 9.17) is 9.47 Å². The Morgan fingerprint density at radius 2 is 1.09 bits per heavy atom. The molecule has 2 aromatic heterocycles. The van der Waals surface area contributed by atoms with Gasteiger partial charge in [0.1, 0.15) is 22.8 Å². The van der Waals surface area contributed by atoms with Gasteiger partial charge in [-0.15, -0.1) is 0 Å². The van der Waals surface area contributed by atoms with E-state index in [-0.39, 0.29) is 43.5 Å². The fourth-order valence-corrected chi connectivity index (χ4v) is 4.91. The van der Waals surface area contributed by atoms with Gasteiger partial charge in [0.2, 0.25) is 0 Å². The number of halogens is 2. The minimum absolute atomic E-state index is 0.00536. The van der Waals surface area contributed by atoms with Gasteiger partial charge in [-0.25, -0.2) is 18.7 Å². The van der Waals surface area contributed by atoms with Crippen molar-refractivity contribution in [3.63, 3.8) is 0 Å². The minimum atomic E-state index is -1.73. The first-order chi connectivity index (χ1) is 21.3. The second-order valence-electron chi connectivity index (χ2n) is 10.6. The molecule has 0 spiro atoms. The molecule has 2 aliphatic rings. The number of ether oxygens (including phenoxy) is 2. The molecule has 0 saturated heterocycles. The molecule has 0 amide bonds. The lowest BCUT2D eigenvalue weighted by Gasteiger charge is -2.25. The number of Topliss-reactive ketones (excluding diaryl/α,β-unsaturated/α-hetero) is 1. The van der Waals surface area contributed by atoms with Crippen LogP contribution >= 0.6 is 0 Å². The van der Waals surface area contributed by atoms with Crippen LogP contribution in [0.15, 0.2) is 133 Å². The van der Waals surface area contributed by atoms with E-state index in [9.17, 15) is 4.79 Å². The van der Waals surface area contributed by atoms with Gasteiger partial charge in [0.25, 0.3) is 0 Å². The van der Waals surface area contributed by atoms with Crippen molar-refractivity contribution in [1.29, 1.82) is 0 Å². The van der Waals surface area contributed by atoms with Gasteiger partial charge in [-0.2, -0.15) is 9.97 Å². The Labute approximate surface area is 253 Å². The molecule has 7 nitrogen and oxygen atoms in total. The smallest absolute Gasteiger partial charge is 0.322 e. The Morgan fingerprint density at radius 1 is 0.659 bits per heavy atom. The number of carbonyl (C=O) groups is 1. The fourth-order valence-electron chi connectivity index (χ4n) is 4.91. The van der Waals surface area contributed by atoms with Crippen LogP contribution in [-0.2, 0) is 17.6 Å². The molecule has 2 aliphatic carbocycles. The van der Waals surface area contributed by atoms with E-state index < -0.39 is 11.3 Å². The molecule has 2 atom stereocenters. The summed E-state index contributed by atoms with van der Waals surface area (Å²) in [6.45, 7) is 0. The number of carbonyl (C=O) groups excluding carboxylic acids is 1. The van der Waals surface area contributed by atoms with Gasteiger partial charge in [0.05, 0.1) is 11.4 Å². The zero-order valence-electron chi connectivity index (χ0n) is 23.6. The Kier molecular flexibility index (Phi) is 8.18. The normalized spacial score (nSPS) is 20.9. The van der Waals surface area contributed by atoms with Gasteiger partial charge in [0, 0.05) is 49.2 Å². The van der Waals surface area contributed by atoms with Crippen molar-refractivity contribution in [3.05, 3.63) is 144 Å². The van der Waals surface area contributed by atoms with Crippen LogP contribution in [0, 0.1) is 0 Å². The van der Waals surface area contributed by atoms with E-state index in [0.29, 0.717) is 34.0 Å². The number of hydrogen-bond donors (Lipinski definition) is 0. The number of rotatable bonds is 10. The molecule has 0 N–H and O–H groups in total. The highest BCUT2D eigenvalue weighted by Crippen LogP contribution is 2.33. The van der Waals surface area contributed by atoms with E-state index in [1.807, 2.05) is 36.4 Å². The maximum Gasteiger partial charge on any atom is 0.322 e. The first-order valence-electron chi connectivity index (χ1n) is 14.2. The van der Waals surface area contributed by atoms with Crippen LogP contribution in [0.2, 0.25) is 0 Å². The van der Waals surface area contributed by atoms with E-state index in [2.05, 4.69) is 19.9 Å². The molecule has 0 fully saturated rings. The Hall–Kier alpha value is -5.31. The number of benzene rings is 2. The summed E-state index contributed by atoms with van der Waals surface area (Å²) in [6, 6.07) is 21.7. The predicted molar refractivity (Wildman–Crippen MR) is 161 cm³/mol. The summed E-state index contributed by atoms with van der Waals surface area (Å²) < 4.78 is 42.7. The number of para-hydroxylation sites is 2. The largest absolute Gasteiger partial charge is 0.424 e. The zero-order valence-corrected chi connectivity index (χ0v) is 23.6. The fraction of sp³-hybridized carbons (Fsp3) is 0.171. The molecule has 0 aliphatic heterocycles. The van der Waals surface area contributed by atoms with Crippen LogP contribution in [-0.4, -0.2) is 37.1 Å². The second kappa shape index (κ2) is 12.5. The molecule has 0 bridgehead atoms. The second-order valence-corrected chi connectivity index (χ2v) is 10.6. The van der Waals surface area contributed by atoms with Crippen molar-refractivity contribution in [2.75, 3.05) is 0 Å². The van der Waals surface area contributed by atoms with E-state index in [0.717, 1.165) is 0 Å². The molecule has 220 valence electrons. The maximum absolute atomic E-state index is 15.7. The number of hydrogen-bond acceptors (Lipinski definition) is 7. The first kappa shape index (κ1) is 28.8. The molecule has 0 radical (unpaired) electrons. The van der Waals surface area contributed by atoms with Crippen LogP contribution in [0.25, 0.3) is 0 Å². The van der Waals surface area contributed by atoms with E-state index in [1.165, 1.54) is 36.7 Å². The predicted octanol–water partition coefficient (Wildman–Crippen LogP) is 7.39. The topological polar surface area (TPSA) is 87.1 Å². The van der Waals surface area contributed by atoms with Crippen molar-refractivity contribution >= 4 is 5.78 Å². The lowest BCUT2D eigenvalue weighted by Crippen LogP contribution is -2.27. The molecule has 0 saturated carbocycles. The highest BCUT2D eigenvalue weighted by atomic mass is 19.1. The molecule has 44 heavy (non-hydrogen) atoms. The average molecular weight is 591 g/mol. The third-order valence-electron chi connectivity index (χ3n) is 7.21. The monoisotopic (exact) mass is 590 g/mol. The van der Waals surface area contributed by atoms with Gasteiger partial charge in [-0.05, 0) is 48.6 Å². The SMILES string of the molecule is O=C(C1=CCC(F)(Cc2ccnc(Oc3ccccc3)n2)C=C1)C1=CCC(F)(Cc2ccnc(Oc3ccccc3)n2)C=C1. The lowest BCUT2D eigenvalue weighted by atomic mass is 9.84. The van der Waals surface area contributed by atoms with Crippen LogP contribution < -0.4 is 9.47 Å². The average Bonchev–Trinajstić information content (AvgIpc) is 3.03. The third-order valence-corrected chi connectivity index (χ3v) is 7.21. The number of ketones is 1. The van der Waals surface area contributed by atoms with Gasteiger partial charge in [-0.1, -0.05) is 60.7 Å². The first-order valence-corrected chi connectivity index (χ1v) is 14.2. The van der Waals surface area contributed by atoms with Crippen molar-refractivity contribution < 1.29 is 23.0 Å². The molecule has 4 aromatic rings. The Bertz CT molecular complexity index is 1650. The van der Waals surface area contributed by atoms with Crippen LogP contribution in [0.3, 0.4) is 0 Å². The zero-order chi connectivity index (χ0) is 30.4. The molecule has 2 aromatic carbocycles. The van der Waals surface area contributed by atoms with Crippen molar-refractivity contribution in [1.82, 2.24) is 19.9 Å². The van der Waals surface area contributed by atoms with Gasteiger partial charge < -0.3 is 9.47 Å². The summed E-state index contributed by atoms with van der Waals surface area (Å²) in [4.78, 5) is 30.1. The number of allylic oxidation sites excluding steroid dienone is 8. The highest BCUT2D eigenvalue weighted by Gasteiger charge is 2.33. The van der Waals surface area contributed by atoms with Crippen molar-refractivity contribution in [2.45, 2.75) is 37.0 Å². The third kappa shape index (κ3) is 7.18. The Balaban J connectivity index is 1.05. The summed E-state index contributed by atoms with van der Waals surface area (Å²) in [5, 5.41) is 0. The van der Waals surface area contributed by atoms with Crippen LogP contribution in [0.5, 0.6) is 23.5 Å². The highest BCUT2D eigenvalue weighted by molar-refractivity contribution is 6.12. The summed E-state index contributed by atoms with van der Waals surface area (Å²) in [5.74, 6) is 0.870. The van der Waals surface area contributed by atoms with E-state index in [1.54, 1.807) is 48.6 Å². The summed E-state index contributed by atoms with van der Waals surface area (Å²) in [6.07, 6.45) is 11.9. The molecule has 9 heteroatoms. The number of alkyl halides is 2. The number of nitrogens with zero attached hydrogens (tertiary/aromatic N) is 4. The molecular weight excluding hydrogens is 562 g/mol. The summed E-state index contributed by atoms with van der Waals surface area (Å²) in [7, 11) is 0. The van der Waals surface area contributed by atoms with Gasteiger partial charge >= 0.3 is 12.0 Å². The molecule has 6 rings (SSSR count). The molecular formula is C35H28F2N4O3. The van der Waals surface area contributed by atoms with Crippen molar-refractivity contribution in [3.8, 4) is 23.5 Å². The minimum Gasteiger partial charge on any atom is -0.424 e. The molecule has 2 heterocycles. The van der Waals surface area contributed by atoms with E-state index >= 15 is 8.78 Å². The Morgan fingerprint density at radius 3 is 1.48 bits per heavy atom. The van der Waals surface area contributed by atoms with Crippen molar-refractivity contribution in [2.24, 2.45) is 0 Å². The summed E-state index contributed by atoms with van der Waals surface area (Å²) in [5.41, 5.74) is -1.80. The summed E-state index contributed by atoms with van der Waals surface area (Å²) >= 11 is 0. The van der Waals surface area contributed by atoms with Crippen LogP contribution in [0.1, 0.15) is 24.2 Å². The maximum atomic E-state index is 15.7. The number of aromatic nitrogens is 4. The standard InChI is InChI=1S/C35H28F2N4O3/c36-34(23-27-15-21-38-32(40-27)43-29-7-3-1-4-8-29)17-11-25(12-18-34)31(42)26-13-19-35(37,20-14-26)24-28-16-22-39-33(41-28)44-30-9-5-2-6-10-30/h1-17,19,21-22H,18,20,23-24H2. The quantitative estimate of drug-likeness (QED) is 0.190. The molecule has 2 unspecified atom stereocenters. The van der Waals surface area contributed by atoms with Gasteiger partial charge in [0.15, 0.2) is 5.78 Å².